The average Bonchev–Trinajstić information content (AvgIpc) is 1.98. The minimum absolute atomic E-state index is 0.0420. The maximum absolute atomic E-state index is 11.2. The van der Waals surface area contributed by atoms with Crippen LogP contribution < -0.4 is 5.32 Å². The third-order valence-electron chi connectivity index (χ3n) is 3.20. The predicted octanol–water partition coefficient (Wildman–Crippen LogP) is 1.70. The van der Waals surface area contributed by atoms with Crippen molar-refractivity contribution < 1.29 is 9.90 Å². The lowest BCUT2D eigenvalue weighted by Gasteiger charge is -2.47. The normalized spacial score (nSPS) is 34.9. The highest BCUT2D eigenvalue weighted by atomic mass is 16.3. The van der Waals surface area contributed by atoms with Crippen LogP contribution in [-0.4, -0.2) is 23.2 Å². The van der Waals surface area contributed by atoms with Gasteiger partial charge in [-0.05, 0) is 30.6 Å². The van der Waals surface area contributed by atoms with Crippen LogP contribution in [0.5, 0.6) is 0 Å². The molecular formula is C12H23NO2. The molecule has 0 heterocycles. The number of aliphatic hydroxyl groups is 1. The molecule has 0 aliphatic heterocycles. The van der Waals surface area contributed by atoms with Crippen LogP contribution >= 0.6 is 0 Å². The van der Waals surface area contributed by atoms with Crippen LogP contribution in [-0.2, 0) is 4.79 Å². The van der Waals surface area contributed by atoms with E-state index in [9.17, 15) is 9.90 Å². The Labute approximate surface area is 92.3 Å². The molecule has 0 aromatic rings. The Morgan fingerprint density at radius 3 is 2.47 bits per heavy atom. The van der Waals surface area contributed by atoms with E-state index in [4.69, 9.17) is 0 Å². The summed E-state index contributed by atoms with van der Waals surface area (Å²) in [4.78, 5) is 11.2. The molecule has 3 nitrogen and oxygen atoms in total. The van der Waals surface area contributed by atoms with Gasteiger partial charge >= 0.3 is 0 Å². The van der Waals surface area contributed by atoms with Crippen molar-refractivity contribution in [3.63, 3.8) is 0 Å². The Morgan fingerprint density at radius 1 is 1.47 bits per heavy atom. The Hall–Kier alpha value is -0.570. The fourth-order valence-corrected chi connectivity index (χ4v) is 3.37. The number of hydrogen-bond donors (Lipinski definition) is 2. The predicted molar refractivity (Wildman–Crippen MR) is 60.4 cm³/mol. The first-order valence-corrected chi connectivity index (χ1v) is 5.68. The van der Waals surface area contributed by atoms with Crippen LogP contribution in [0.3, 0.4) is 0 Å². The van der Waals surface area contributed by atoms with Gasteiger partial charge in [0.2, 0.25) is 5.91 Å². The van der Waals surface area contributed by atoms with Crippen molar-refractivity contribution in [1.82, 2.24) is 5.32 Å². The fourth-order valence-electron chi connectivity index (χ4n) is 3.37. The summed E-state index contributed by atoms with van der Waals surface area (Å²) < 4.78 is 0. The maximum atomic E-state index is 11.2. The van der Waals surface area contributed by atoms with Crippen molar-refractivity contribution in [3.05, 3.63) is 0 Å². The van der Waals surface area contributed by atoms with E-state index in [1.165, 1.54) is 6.92 Å². The van der Waals surface area contributed by atoms with Gasteiger partial charge in [0.05, 0.1) is 12.1 Å². The van der Waals surface area contributed by atoms with E-state index in [-0.39, 0.29) is 17.9 Å². The second-order valence-electron chi connectivity index (χ2n) is 5.97. The second kappa shape index (κ2) is 4.12. The van der Waals surface area contributed by atoms with Gasteiger partial charge < -0.3 is 10.4 Å². The monoisotopic (exact) mass is 213 g/mol. The third-order valence-corrected chi connectivity index (χ3v) is 3.20. The molecule has 2 atom stereocenters. The summed E-state index contributed by atoms with van der Waals surface area (Å²) in [6.07, 6.45) is 2.90. The van der Waals surface area contributed by atoms with Crippen LogP contribution in [0, 0.1) is 11.3 Å². The smallest absolute Gasteiger partial charge is 0.217 e. The summed E-state index contributed by atoms with van der Waals surface area (Å²) in [7, 11) is 0. The van der Waals surface area contributed by atoms with Crippen LogP contribution in [0.2, 0.25) is 0 Å². The molecule has 1 saturated carbocycles. The zero-order valence-corrected chi connectivity index (χ0v) is 10.3. The summed E-state index contributed by atoms with van der Waals surface area (Å²) >= 11 is 0. The lowest BCUT2D eigenvalue weighted by Crippen LogP contribution is -2.56. The zero-order valence-electron chi connectivity index (χ0n) is 10.3. The van der Waals surface area contributed by atoms with Gasteiger partial charge in [-0.1, -0.05) is 20.8 Å². The van der Waals surface area contributed by atoms with E-state index < -0.39 is 5.54 Å². The molecule has 0 unspecified atom stereocenters. The molecule has 0 spiro atoms. The molecule has 1 amide bonds. The van der Waals surface area contributed by atoms with Gasteiger partial charge in [0.25, 0.3) is 0 Å². The number of rotatable bonds is 2. The first kappa shape index (κ1) is 12.5. The molecule has 1 aliphatic rings. The highest BCUT2D eigenvalue weighted by Crippen LogP contribution is 2.43. The maximum Gasteiger partial charge on any atom is 0.217 e. The van der Waals surface area contributed by atoms with Gasteiger partial charge in [-0.15, -0.1) is 0 Å². The Balaban J connectivity index is 2.83. The Bertz CT molecular complexity index is 250. The highest BCUT2D eigenvalue weighted by molar-refractivity contribution is 5.73. The summed E-state index contributed by atoms with van der Waals surface area (Å²) in [6.45, 7) is 8.15. The molecular weight excluding hydrogens is 190 g/mol. The van der Waals surface area contributed by atoms with Gasteiger partial charge in [0, 0.05) is 6.92 Å². The molecule has 3 heteroatoms. The van der Waals surface area contributed by atoms with Crippen LogP contribution in [0.25, 0.3) is 0 Å². The van der Waals surface area contributed by atoms with Crippen molar-refractivity contribution >= 4 is 5.91 Å². The number of amides is 1. The lowest BCUT2D eigenvalue weighted by atomic mass is 9.64. The number of carbonyl (C=O) groups is 1. The highest BCUT2D eigenvalue weighted by Gasteiger charge is 2.42. The van der Waals surface area contributed by atoms with E-state index in [0.29, 0.717) is 5.92 Å². The lowest BCUT2D eigenvalue weighted by molar-refractivity contribution is -0.123. The first-order valence-electron chi connectivity index (χ1n) is 5.68. The summed E-state index contributed by atoms with van der Waals surface area (Å²) in [5.74, 6) is 0.502. The van der Waals surface area contributed by atoms with E-state index in [2.05, 4.69) is 26.1 Å². The van der Waals surface area contributed by atoms with Crippen molar-refractivity contribution in [2.45, 2.75) is 52.5 Å². The topological polar surface area (TPSA) is 49.3 Å². The van der Waals surface area contributed by atoms with E-state index in [1.807, 2.05) is 0 Å². The SMILES string of the molecule is CC(=O)N[C@]1(CO)C[C@H](C)CC(C)(C)C1. The molecule has 1 rings (SSSR count). The largest absolute Gasteiger partial charge is 0.394 e. The summed E-state index contributed by atoms with van der Waals surface area (Å²) in [5, 5.41) is 12.5. The van der Waals surface area contributed by atoms with Crippen LogP contribution in [0.15, 0.2) is 0 Å². The van der Waals surface area contributed by atoms with Gasteiger partial charge in [0.1, 0.15) is 0 Å². The minimum Gasteiger partial charge on any atom is -0.394 e. The third kappa shape index (κ3) is 3.20. The molecule has 1 fully saturated rings. The quantitative estimate of drug-likeness (QED) is 0.733. The van der Waals surface area contributed by atoms with E-state index >= 15 is 0 Å². The summed E-state index contributed by atoms with van der Waals surface area (Å²) in [5.41, 5.74) is -0.199. The number of nitrogens with one attached hydrogen (secondary N) is 1. The number of carbonyl (C=O) groups excluding carboxylic acids is 1. The molecule has 15 heavy (non-hydrogen) atoms. The van der Waals surface area contributed by atoms with Crippen LogP contribution in [0.1, 0.15) is 47.0 Å². The molecule has 0 aromatic carbocycles. The van der Waals surface area contributed by atoms with Crippen molar-refractivity contribution in [3.8, 4) is 0 Å². The standard InChI is InChI=1S/C12H23NO2/c1-9-5-11(3,4)7-12(6-9,8-14)13-10(2)15/h9,14H,5-8H2,1-4H3,(H,13,15)/t9-,12-/m1/s1. The van der Waals surface area contributed by atoms with Crippen molar-refractivity contribution in [2.75, 3.05) is 6.61 Å². The molecule has 0 bridgehead atoms. The van der Waals surface area contributed by atoms with E-state index in [0.717, 1.165) is 19.3 Å². The Morgan fingerprint density at radius 2 is 2.07 bits per heavy atom. The van der Waals surface area contributed by atoms with Crippen molar-refractivity contribution in [1.29, 1.82) is 0 Å². The molecule has 0 aromatic heterocycles. The second-order valence-corrected chi connectivity index (χ2v) is 5.97. The van der Waals surface area contributed by atoms with Crippen LogP contribution in [0.4, 0.5) is 0 Å². The fraction of sp³-hybridized carbons (Fsp3) is 0.917. The zero-order chi connectivity index (χ0) is 11.7. The minimum atomic E-state index is -0.396. The molecule has 2 N–H and O–H groups in total. The first-order chi connectivity index (χ1) is 6.79. The number of aliphatic hydroxyl groups excluding tert-OH is 1. The van der Waals surface area contributed by atoms with Gasteiger partial charge in [-0.25, -0.2) is 0 Å². The van der Waals surface area contributed by atoms with E-state index in [1.54, 1.807) is 0 Å². The van der Waals surface area contributed by atoms with Gasteiger partial charge in [0.15, 0.2) is 0 Å². The summed E-state index contributed by atoms with van der Waals surface area (Å²) in [6, 6.07) is 0. The van der Waals surface area contributed by atoms with Gasteiger partial charge in [-0.3, -0.25) is 4.79 Å². The Kier molecular flexibility index (Phi) is 3.44. The van der Waals surface area contributed by atoms with Crippen molar-refractivity contribution in [2.24, 2.45) is 11.3 Å². The van der Waals surface area contributed by atoms with Gasteiger partial charge in [-0.2, -0.15) is 0 Å². The molecule has 1 aliphatic carbocycles. The molecule has 88 valence electrons. The molecule has 0 saturated heterocycles. The average molecular weight is 213 g/mol. The number of hydrogen-bond acceptors (Lipinski definition) is 2. The molecule has 0 radical (unpaired) electrons.